The maximum absolute atomic E-state index is 13.7. The molecule has 1 N–H and O–H groups in total. The van der Waals surface area contributed by atoms with Crippen LogP contribution in [0.3, 0.4) is 0 Å². The number of nitrogens with zero attached hydrogens (tertiary/aromatic N) is 2. The van der Waals surface area contributed by atoms with Crippen LogP contribution in [0.4, 0.5) is 11.4 Å². The Bertz CT molecular complexity index is 1320. The fourth-order valence-electron chi connectivity index (χ4n) is 4.24. The number of hydrogen-bond donors (Lipinski definition) is 1. The number of hydrogen-bond acceptors (Lipinski definition) is 5. The van der Waals surface area contributed by atoms with E-state index < -0.39 is 23.6 Å². The van der Waals surface area contributed by atoms with Crippen LogP contribution in [0.1, 0.15) is 29.3 Å². The largest absolute Gasteiger partial charge is 0.497 e. The van der Waals surface area contributed by atoms with Crippen LogP contribution in [0.25, 0.3) is 0 Å². The summed E-state index contributed by atoms with van der Waals surface area (Å²) in [6.07, 6.45) is 0.324. The number of methoxy groups -OCH3 is 1. The molecule has 0 saturated carbocycles. The highest BCUT2D eigenvalue weighted by Crippen LogP contribution is 2.29. The van der Waals surface area contributed by atoms with E-state index in [1.54, 1.807) is 86.8 Å². The van der Waals surface area contributed by atoms with Gasteiger partial charge in [0, 0.05) is 17.3 Å². The molecule has 0 spiro atoms. The van der Waals surface area contributed by atoms with Crippen molar-refractivity contribution in [1.29, 1.82) is 0 Å². The number of para-hydroxylation sites is 1. The maximum atomic E-state index is 13.7. The van der Waals surface area contributed by atoms with E-state index in [2.05, 4.69) is 5.32 Å². The van der Waals surface area contributed by atoms with E-state index in [0.717, 1.165) is 5.56 Å². The molecule has 1 aliphatic heterocycles. The Balaban J connectivity index is 1.61. The Kier molecular flexibility index (Phi) is 7.89. The molecule has 9 heteroatoms. The van der Waals surface area contributed by atoms with Gasteiger partial charge < -0.3 is 15.0 Å². The van der Waals surface area contributed by atoms with Crippen LogP contribution < -0.4 is 15.0 Å². The van der Waals surface area contributed by atoms with Crippen LogP contribution in [-0.4, -0.2) is 48.1 Å². The highest BCUT2D eigenvalue weighted by atomic mass is 35.5. The third-order valence-corrected chi connectivity index (χ3v) is 6.43. The molecule has 4 rings (SSSR count). The zero-order valence-electron chi connectivity index (χ0n) is 20.4. The minimum atomic E-state index is -0.839. The maximum Gasteiger partial charge on any atom is 0.299 e. The van der Waals surface area contributed by atoms with Gasteiger partial charge in [-0.05, 0) is 60.5 Å². The highest BCUT2D eigenvalue weighted by molar-refractivity contribution is 6.52. The molecular weight excluding hydrogens is 494 g/mol. The Morgan fingerprint density at radius 3 is 2.32 bits per heavy atom. The van der Waals surface area contributed by atoms with E-state index >= 15 is 0 Å². The predicted molar refractivity (Wildman–Crippen MR) is 141 cm³/mol. The summed E-state index contributed by atoms with van der Waals surface area (Å²) in [5.41, 5.74) is 1.96. The Hall–Kier alpha value is -4.17. The number of carbonyl (C=O) groups is 4. The molecule has 190 valence electrons. The number of amides is 3. The molecule has 37 heavy (non-hydrogen) atoms. The fourth-order valence-corrected chi connectivity index (χ4v) is 4.36. The standard InChI is InChI=1S/C28H26ClN3O5/c1-3-23(27(35)30-20-12-14-21(37-2)15-13-20)31(16-18-8-10-19(29)11-9-18)25(33)17-32-24-7-5-4-6-22(24)26(34)28(32)36/h4-15,23H,3,16-17H2,1-2H3,(H,30,35)/t23-/m0/s1. The van der Waals surface area contributed by atoms with Crippen molar-refractivity contribution in [3.8, 4) is 5.75 Å². The molecule has 1 atom stereocenters. The number of ether oxygens (including phenoxy) is 1. The highest BCUT2D eigenvalue weighted by Gasteiger charge is 2.38. The van der Waals surface area contributed by atoms with E-state index in [1.165, 1.54) is 9.80 Å². The summed E-state index contributed by atoms with van der Waals surface area (Å²) in [5, 5.41) is 3.40. The summed E-state index contributed by atoms with van der Waals surface area (Å²) in [4.78, 5) is 54.7. The van der Waals surface area contributed by atoms with Gasteiger partial charge in [-0.25, -0.2) is 0 Å². The van der Waals surface area contributed by atoms with Gasteiger partial charge in [0.15, 0.2) is 0 Å². The molecular formula is C28H26ClN3O5. The molecule has 0 aromatic heterocycles. The molecule has 0 aliphatic carbocycles. The number of Topliss-reactive ketones (excluding diaryl/α,β-unsaturated/α-hetero) is 1. The summed E-state index contributed by atoms with van der Waals surface area (Å²) in [5.74, 6) is -1.62. The molecule has 0 saturated heterocycles. The van der Waals surface area contributed by atoms with Crippen LogP contribution in [0.5, 0.6) is 5.75 Å². The Morgan fingerprint density at radius 1 is 1.00 bits per heavy atom. The van der Waals surface area contributed by atoms with Crippen molar-refractivity contribution >= 4 is 46.5 Å². The molecule has 3 aromatic carbocycles. The van der Waals surface area contributed by atoms with Gasteiger partial charge >= 0.3 is 0 Å². The van der Waals surface area contributed by atoms with Gasteiger partial charge in [0.2, 0.25) is 11.8 Å². The van der Waals surface area contributed by atoms with Gasteiger partial charge in [-0.1, -0.05) is 42.8 Å². The number of halogens is 1. The molecule has 0 fully saturated rings. The second kappa shape index (κ2) is 11.3. The lowest BCUT2D eigenvalue weighted by molar-refractivity contribution is -0.138. The number of nitrogens with one attached hydrogen (secondary N) is 1. The van der Waals surface area contributed by atoms with Crippen molar-refractivity contribution in [3.05, 3.63) is 88.9 Å². The second-order valence-electron chi connectivity index (χ2n) is 8.53. The number of benzene rings is 3. The van der Waals surface area contributed by atoms with Gasteiger partial charge in [-0.2, -0.15) is 0 Å². The summed E-state index contributed by atoms with van der Waals surface area (Å²) >= 11 is 6.02. The molecule has 1 aliphatic rings. The van der Waals surface area contributed by atoms with Gasteiger partial charge in [-0.15, -0.1) is 0 Å². The summed E-state index contributed by atoms with van der Waals surface area (Å²) in [6, 6.07) is 19.5. The average Bonchev–Trinajstić information content (AvgIpc) is 3.15. The van der Waals surface area contributed by atoms with Crippen molar-refractivity contribution in [2.45, 2.75) is 25.9 Å². The van der Waals surface area contributed by atoms with Crippen LogP contribution in [0.2, 0.25) is 5.02 Å². The minimum Gasteiger partial charge on any atom is -0.497 e. The fraction of sp³-hybridized carbons (Fsp3) is 0.214. The van der Waals surface area contributed by atoms with Crippen molar-refractivity contribution in [1.82, 2.24) is 4.90 Å². The normalized spacial score (nSPS) is 13.2. The van der Waals surface area contributed by atoms with Crippen molar-refractivity contribution in [2.24, 2.45) is 0 Å². The van der Waals surface area contributed by atoms with E-state index in [4.69, 9.17) is 16.3 Å². The van der Waals surface area contributed by atoms with E-state index in [0.29, 0.717) is 28.6 Å². The summed E-state index contributed by atoms with van der Waals surface area (Å²) < 4.78 is 5.16. The number of ketones is 1. The predicted octanol–water partition coefficient (Wildman–Crippen LogP) is 4.32. The van der Waals surface area contributed by atoms with Gasteiger partial charge in [0.1, 0.15) is 18.3 Å². The van der Waals surface area contributed by atoms with Crippen LogP contribution >= 0.6 is 11.6 Å². The first-order chi connectivity index (χ1) is 17.8. The van der Waals surface area contributed by atoms with Crippen LogP contribution in [-0.2, 0) is 20.9 Å². The molecule has 8 nitrogen and oxygen atoms in total. The molecule has 0 radical (unpaired) electrons. The van der Waals surface area contributed by atoms with Crippen molar-refractivity contribution in [3.63, 3.8) is 0 Å². The summed E-state index contributed by atoms with van der Waals surface area (Å²) in [6.45, 7) is 1.55. The monoisotopic (exact) mass is 519 g/mol. The number of fused-ring (bicyclic) bond motifs is 1. The third kappa shape index (κ3) is 5.65. The zero-order chi connectivity index (χ0) is 26.5. The number of rotatable bonds is 9. The van der Waals surface area contributed by atoms with Gasteiger partial charge in [-0.3, -0.25) is 24.1 Å². The van der Waals surface area contributed by atoms with E-state index in [9.17, 15) is 19.2 Å². The van der Waals surface area contributed by atoms with Gasteiger partial charge in [0.25, 0.3) is 11.7 Å². The first-order valence-electron chi connectivity index (χ1n) is 11.8. The Morgan fingerprint density at radius 2 is 1.68 bits per heavy atom. The lowest BCUT2D eigenvalue weighted by Crippen LogP contribution is -2.50. The van der Waals surface area contributed by atoms with Crippen LogP contribution in [0.15, 0.2) is 72.8 Å². The molecule has 0 bridgehead atoms. The molecule has 1 heterocycles. The third-order valence-electron chi connectivity index (χ3n) is 6.18. The smallest absolute Gasteiger partial charge is 0.299 e. The lowest BCUT2D eigenvalue weighted by atomic mass is 10.1. The van der Waals surface area contributed by atoms with Gasteiger partial charge in [0.05, 0.1) is 18.4 Å². The summed E-state index contributed by atoms with van der Waals surface area (Å²) in [7, 11) is 1.55. The number of anilines is 2. The SMILES string of the molecule is CC[C@@H](C(=O)Nc1ccc(OC)cc1)N(Cc1ccc(Cl)cc1)C(=O)CN1C(=O)C(=O)c2ccccc21. The molecule has 3 aromatic rings. The molecule has 0 unspecified atom stereocenters. The minimum absolute atomic E-state index is 0.113. The Labute approximate surface area is 219 Å². The topological polar surface area (TPSA) is 96.0 Å². The number of carbonyl (C=O) groups excluding carboxylic acids is 4. The van der Waals surface area contributed by atoms with E-state index in [-0.39, 0.29) is 24.6 Å². The second-order valence-corrected chi connectivity index (χ2v) is 8.96. The van der Waals surface area contributed by atoms with Crippen molar-refractivity contribution in [2.75, 3.05) is 23.9 Å². The first kappa shape index (κ1) is 25.9. The molecule has 3 amide bonds. The average molecular weight is 520 g/mol. The quantitative estimate of drug-likeness (QED) is 0.425. The van der Waals surface area contributed by atoms with E-state index in [1.807, 2.05) is 0 Å². The van der Waals surface area contributed by atoms with Crippen molar-refractivity contribution < 1.29 is 23.9 Å². The first-order valence-corrected chi connectivity index (χ1v) is 12.1. The lowest BCUT2D eigenvalue weighted by Gasteiger charge is -2.32. The zero-order valence-corrected chi connectivity index (χ0v) is 21.2. The van der Waals surface area contributed by atoms with Crippen LogP contribution in [0, 0.1) is 0 Å².